The summed E-state index contributed by atoms with van der Waals surface area (Å²) in [4.78, 5) is 0. The highest BCUT2D eigenvalue weighted by Crippen LogP contribution is 2.37. The number of rotatable bonds is 3. The Bertz CT molecular complexity index is 380. The molecule has 0 aliphatic heterocycles. The van der Waals surface area contributed by atoms with E-state index in [9.17, 15) is 0 Å². The lowest BCUT2D eigenvalue weighted by molar-refractivity contribution is 0.512. The Morgan fingerprint density at radius 1 is 1.44 bits per heavy atom. The molecule has 1 aromatic rings. The Morgan fingerprint density at radius 2 is 2.06 bits per heavy atom. The molecule has 3 nitrogen and oxygen atoms in total. The topological polar surface area (TPSA) is 43.8 Å². The smallest absolute Gasteiger partial charge is 0.0524 e. The van der Waals surface area contributed by atoms with E-state index in [0.717, 1.165) is 12.8 Å². The lowest BCUT2D eigenvalue weighted by Gasteiger charge is -2.21. The van der Waals surface area contributed by atoms with Crippen LogP contribution in [0.3, 0.4) is 0 Å². The summed E-state index contributed by atoms with van der Waals surface area (Å²) < 4.78 is 2.01. The maximum Gasteiger partial charge on any atom is 0.0524 e. The van der Waals surface area contributed by atoms with E-state index in [1.165, 1.54) is 24.1 Å². The second kappa shape index (κ2) is 3.59. The molecule has 0 amide bonds. The van der Waals surface area contributed by atoms with E-state index < -0.39 is 0 Å². The SMILES string of the molecule is Cn1ncc(CCC2(N)CC2)c1C(C)(C)C. The predicted molar refractivity (Wildman–Crippen MR) is 66.4 cm³/mol. The molecule has 2 N–H and O–H groups in total. The molecule has 1 fully saturated rings. The second-order valence-electron chi connectivity index (χ2n) is 6.25. The number of hydrogen-bond donors (Lipinski definition) is 1. The molecule has 0 unspecified atom stereocenters. The van der Waals surface area contributed by atoms with Crippen molar-refractivity contribution in [2.75, 3.05) is 0 Å². The minimum absolute atomic E-state index is 0.144. The molecule has 1 aliphatic rings. The summed E-state index contributed by atoms with van der Waals surface area (Å²) in [5, 5.41) is 4.38. The van der Waals surface area contributed by atoms with Crippen molar-refractivity contribution >= 4 is 0 Å². The normalized spacial score (nSPS) is 18.8. The maximum atomic E-state index is 6.13. The van der Waals surface area contributed by atoms with Gasteiger partial charge in [-0.3, -0.25) is 4.68 Å². The molecule has 0 aromatic carbocycles. The highest BCUT2D eigenvalue weighted by atomic mass is 15.3. The summed E-state index contributed by atoms with van der Waals surface area (Å²) in [5.74, 6) is 0. The zero-order valence-electron chi connectivity index (χ0n) is 10.9. The quantitative estimate of drug-likeness (QED) is 0.850. The van der Waals surface area contributed by atoms with E-state index in [2.05, 4.69) is 25.9 Å². The van der Waals surface area contributed by atoms with Crippen molar-refractivity contribution < 1.29 is 0 Å². The molecule has 16 heavy (non-hydrogen) atoms. The average Bonchev–Trinajstić information content (AvgIpc) is 2.74. The Kier molecular flexibility index (Phi) is 2.61. The molecule has 0 atom stereocenters. The number of hydrogen-bond acceptors (Lipinski definition) is 2. The van der Waals surface area contributed by atoms with Crippen LogP contribution in [-0.2, 0) is 18.9 Å². The summed E-state index contributed by atoms with van der Waals surface area (Å²) >= 11 is 0. The third-order valence-corrected chi connectivity index (χ3v) is 3.51. The van der Waals surface area contributed by atoms with E-state index in [-0.39, 0.29) is 11.0 Å². The van der Waals surface area contributed by atoms with Gasteiger partial charge in [0.15, 0.2) is 0 Å². The summed E-state index contributed by atoms with van der Waals surface area (Å²) in [6.45, 7) is 6.72. The van der Waals surface area contributed by atoms with Crippen LogP contribution in [0.15, 0.2) is 6.20 Å². The molecule has 0 saturated heterocycles. The van der Waals surface area contributed by atoms with Crippen LogP contribution in [0.25, 0.3) is 0 Å². The fourth-order valence-electron chi connectivity index (χ4n) is 2.43. The third kappa shape index (κ3) is 2.29. The fourth-order valence-corrected chi connectivity index (χ4v) is 2.43. The van der Waals surface area contributed by atoms with Gasteiger partial charge in [0, 0.05) is 23.7 Å². The van der Waals surface area contributed by atoms with Gasteiger partial charge in [-0.05, 0) is 31.2 Å². The minimum atomic E-state index is 0.144. The second-order valence-corrected chi connectivity index (χ2v) is 6.25. The van der Waals surface area contributed by atoms with Crippen molar-refractivity contribution in [1.29, 1.82) is 0 Å². The van der Waals surface area contributed by atoms with Gasteiger partial charge >= 0.3 is 0 Å². The van der Waals surface area contributed by atoms with Gasteiger partial charge in [-0.2, -0.15) is 5.10 Å². The molecule has 1 aromatic heterocycles. The first-order valence-corrected chi connectivity index (χ1v) is 6.12. The van der Waals surface area contributed by atoms with Crippen LogP contribution in [0, 0.1) is 0 Å². The minimum Gasteiger partial charge on any atom is -0.325 e. The van der Waals surface area contributed by atoms with Gasteiger partial charge in [0.05, 0.1) is 6.20 Å². The van der Waals surface area contributed by atoms with Crippen LogP contribution >= 0.6 is 0 Å². The molecular formula is C13H23N3. The monoisotopic (exact) mass is 221 g/mol. The molecule has 0 spiro atoms. The fraction of sp³-hybridized carbons (Fsp3) is 0.769. The Hall–Kier alpha value is -0.830. The maximum absolute atomic E-state index is 6.13. The molecule has 0 bridgehead atoms. The third-order valence-electron chi connectivity index (χ3n) is 3.51. The first-order valence-electron chi connectivity index (χ1n) is 6.12. The number of nitrogens with two attached hydrogens (primary N) is 1. The van der Waals surface area contributed by atoms with Crippen molar-refractivity contribution in [3.63, 3.8) is 0 Å². The van der Waals surface area contributed by atoms with Gasteiger partial charge in [0.1, 0.15) is 0 Å². The molecule has 1 saturated carbocycles. The van der Waals surface area contributed by atoms with E-state index in [1.54, 1.807) is 0 Å². The van der Waals surface area contributed by atoms with Gasteiger partial charge in [0.2, 0.25) is 0 Å². The summed E-state index contributed by atoms with van der Waals surface area (Å²) in [5.41, 5.74) is 9.15. The van der Waals surface area contributed by atoms with Crippen molar-refractivity contribution in [1.82, 2.24) is 9.78 Å². The van der Waals surface area contributed by atoms with E-state index in [0.29, 0.717) is 0 Å². The number of nitrogens with zero attached hydrogens (tertiary/aromatic N) is 2. The number of aryl methyl sites for hydroxylation is 2. The van der Waals surface area contributed by atoms with Crippen molar-refractivity contribution in [2.45, 2.75) is 57.4 Å². The molecular weight excluding hydrogens is 198 g/mol. The lowest BCUT2D eigenvalue weighted by atomic mass is 9.87. The van der Waals surface area contributed by atoms with Crippen molar-refractivity contribution in [2.24, 2.45) is 12.8 Å². The zero-order valence-corrected chi connectivity index (χ0v) is 10.9. The van der Waals surface area contributed by atoms with Gasteiger partial charge in [-0.1, -0.05) is 20.8 Å². The zero-order chi connectivity index (χ0) is 12.0. The van der Waals surface area contributed by atoms with Crippen LogP contribution in [0.5, 0.6) is 0 Å². The van der Waals surface area contributed by atoms with Crippen LogP contribution < -0.4 is 5.73 Å². The van der Waals surface area contributed by atoms with Crippen LogP contribution in [0.4, 0.5) is 0 Å². The Balaban J connectivity index is 2.14. The van der Waals surface area contributed by atoms with Gasteiger partial charge < -0.3 is 5.73 Å². The molecule has 2 rings (SSSR count). The van der Waals surface area contributed by atoms with Crippen molar-refractivity contribution in [3.05, 3.63) is 17.5 Å². The van der Waals surface area contributed by atoms with E-state index in [4.69, 9.17) is 5.73 Å². The van der Waals surface area contributed by atoms with Crippen molar-refractivity contribution in [3.8, 4) is 0 Å². The first kappa shape index (κ1) is 11.6. The highest BCUT2D eigenvalue weighted by molar-refractivity contribution is 5.25. The molecule has 90 valence electrons. The van der Waals surface area contributed by atoms with E-state index in [1.807, 2.05) is 17.9 Å². The lowest BCUT2D eigenvalue weighted by Crippen LogP contribution is -2.23. The van der Waals surface area contributed by atoms with Crippen LogP contribution in [0.2, 0.25) is 0 Å². The largest absolute Gasteiger partial charge is 0.325 e. The Labute approximate surface area is 98.0 Å². The summed E-state index contributed by atoms with van der Waals surface area (Å²) in [6.07, 6.45) is 6.56. The molecule has 0 radical (unpaired) electrons. The molecule has 1 aliphatic carbocycles. The Morgan fingerprint density at radius 3 is 2.56 bits per heavy atom. The van der Waals surface area contributed by atoms with Gasteiger partial charge in [-0.15, -0.1) is 0 Å². The molecule has 3 heteroatoms. The first-order chi connectivity index (χ1) is 7.32. The predicted octanol–water partition coefficient (Wildman–Crippen LogP) is 2.14. The highest BCUT2D eigenvalue weighted by Gasteiger charge is 2.37. The molecule has 1 heterocycles. The van der Waals surface area contributed by atoms with Crippen LogP contribution in [0.1, 0.15) is 51.3 Å². The van der Waals surface area contributed by atoms with Gasteiger partial charge in [0.25, 0.3) is 0 Å². The number of aromatic nitrogens is 2. The summed E-state index contributed by atoms with van der Waals surface area (Å²) in [7, 11) is 2.03. The summed E-state index contributed by atoms with van der Waals surface area (Å²) in [6, 6.07) is 0. The standard InChI is InChI=1S/C13H23N3/c1-12(2,3)11-10(9-15-16(11)4)5-6-13(14)7-8-13/h9H,5-8,14H2,1-4H3. The van der Waals surface area contributed by atoms with Gasteiger partial charge in [-0.25, -0.2) is 0 Å². The van der Waals surface area contributed by atoms with Crippen LogP contribution in [-0.4, -0.2) is 15.3 Å². The van der Waals surface area contributed by atoms with E-state index >= 15 is 0 Å². The average molecular weight is 221 g/mol.